The standard InChI is InChI=1S/C7H11NO2/c9-7-2-1-6-5-10-4-3-8(6)7/h6H,1-5H2. The van der Waals surface area contributed by atoms with E-state index in [1.165, 1.54) is 0 Å². The molecule has 3 heteroatoms. The van der Waals surface area contributed by atoms with Gasteiger partial charge in [-0.1, -0.05) is 0 Å². The Kier molecular flexibility index (Phi) is 1.38. The van der Waals surface area contributed by atoms with Crippen molar-refractivity contribution >= 4 is 5.91 Å². The average molecular weight is 141 g/mol. The van der Waals surface area contributed by atoms with Crippen molar-refractivity contribution in [1.82, 2.24) is 4.90 Å². The number of carbonyl (C=O) groups is 1. The Morgan fingerprint density at radius 1 is 1.60 bits per heavy atom. The number of fused-ring (bicyclic) bond motifs is 1. The molecule has 0 aromatic rings. The average Bonchev–Trinajstić information content (AvgIpc) is 2.34. The highest BCUT2D eigenvalue weighted by Gasteiger charge is 2.32. The molecule has 2 aliphatic heterocycles. The summed E-state index contributed by atoms with van der Waals surface area (Å²) >= 11 is 0. The lowest BCUT2D eigenvalue weighted by molar-refractivity contribution is -0.133. The van der Waals surface area contributed by atoms with Gasteiger partial charge in [-0.3, -0.25) is 4.79 Å². The van der Waals surface area contributed by atoms with E-state index >= 15 is 0 Å². The van der Waals surface area contributed by atoms with E-state index in [9.17, 15) is 4.79 Å². The van der Waals surface area contributed by atoms with Crippen molar-refractivity contribution in [1.29, 1.82) is 0 Å². The summed E-state index contributed by atoms with van der Waals surface area (Å²) in [5, 5.41) is 0. The molecule has 2 fully saturated rings. The summed E-state index contributed by atoms with van der Waals surface area (Å²) in [6, 6.07) is 0.404. The second-order valence-corrected chi connectivity index (χ2v) is 2.85. The quantitative estimate of drug-likeness (QED) is 0.475. The summed E-state index contributed by atoms with van der Waals surface area (Å²) in [4.78, 5) is 13.0. The van der Waals surface area contributed by atoms with Gasteiger partial charge in [-0.05, 0) is 6.42 Å². The minimum Gasteiger partial charge on any atom is -0.377 e. The third-order valence-corrected chi connectivity index (χ3v) is 2.24. The molecule has 2 aliphatic rings. The molecule has 1 amide bonds. The van der Waals surface area contributed by atoms with Crippen molar-refractivity contribution in [2.45, 2.75) is 18.9 Å². The summed E-state index contributed by atoms with van der Waals surface area (Å²) in [5.74, 6) is 0.313. The largest absolute Gasteiger partial charge is 0.377 e. The van der Waals surface area contributed by atoms with Crippen molar-refractivity contribution in [3.63, 3.8) is 0 Å². The predicted octanol–water partition coefficient (Wildman–Crippen LogP) is 0.00760. The van der Waals surface area contributed by atoms with Crippen LogP contribution in [0.1, 0.15) is 12.8 Å². The molecule has 3 nitrogen and oxygen atoms in total. The Labute approximate surface area is 60.0 Å². The molecule has 0 radical (unpaired) electrons. The van der Waals surface area contributed by atoms with Crippen LogP contribution in [0.25, 0.3) is 0 Å². The van der Waals surface area contributed by atoms with Gasteiger partial charge in [-0.2, -0.15) is 0 Å². The van der Waals surface area contributed by atoms with Gasteiger partial charge in [0.05, 0.1) is 19.3 Å². The molecular formula is C7H11NO2. The summed E-state index contributed by atoms with van der Waals surface area (Å²) < 4.78 is 5.24. The van der Waals surface area contributed by atoms with Crippen molar-refractivity contribution < 1.29 is 9.53 Å². The Hall–Kier alpha value is -0.570. The molecule has 2 heterocycles. The highest BCUT2D eigenvalue weighted by atomic mass is 16.5. The van der Waals surface area contributed by atoms with Crippen LogP contribution in [-0.2, 0) is 9.53 Å². The number of hydrogen-bond donors (Lipinski definition) is 0. The zero-order chi connectivity index (χ0) is 6.97. The van der Waals surface area contributed by atoms with Gasteiger partial charge in [0.25, 0.3) is 0 Å². The first kappa shape index (κ1) is 6.16. The molecule has 0 saturated carbocycles. The lowest BCUT2D eigenvalue weighted by atomic mass is 10.2. The molecule has 0 aromatic carbocycles. The Morgan fingerprint density at radius 3 is 3.30 bits per heavy atom. The van der Waals surface area contributed by atoms with Gasteiger partial charge >= 0.3 is 0 Å². The van der Waals surface area contributed by atoms with E-state index in [0.717, 1.165) is 32.6 Å². The predicted molar refractivity (Wildman–Crippen MR) is 35.6 cm³/mol. The fraction of sp³-hybridized carbons (Fsp3) is 0.857. The van der Waals surface area contributed by atoms with Crippen molar-refractivity contribution in [2.75, 3.05) is 19.8 Å². The lowest BCUT2D eigenvalue weighted by Crippen LogP contribution is -2.42. The maximum absolute atomic E-state index is 11.1. The zero-order valence-electron chi connectivity index (χ0n) is 5.88. The van der Waals surface area contributed by atoms with Gasteiger partial charge in [0, 0.05) is 13.0 Å². The fourth-order valence-corrected chi connectivity index (χ4v) is 1.66. The minimum absolute atomic E-state index is 0.313. The smallest absolute Gasteiger partial charge is 0.223 e. The van der Waals surface area contributed by atoms with E-state index in [2.05, 4.69) is 0 Å². The fourth-order valence-electron chi connectivity index (χ4n) is 1.66. The Bertz CT molecular complexity index is 158. The van der Waals surface area contributed by atoms with E-state index in [1.54, 1.807) is 0 Å². The van der Waals surface area contributed by atoms with Crippen LogP contribution in [0.3, 0.4) is 0 Å². The summed E-state index contributed by atoms with van der Waals surface area (Å²) in [5.41, 5.74) is 0. The third kappa shape index (κ3) is 0.814. The molecule has 1 unspecified atom stereocenters. The van der Waals surface area contributed by atoms with E-state index in [4.69, 9.17) is 4.74 Å². The van der Waals surface area contributed by atoms with Crippen molar-refractivity contribution in [3.05, 3.63) is 0 Å². The number of nitrogens with zero attached hydrogens (tertiary/aromatic N) is 1. The molecule has 0 aromatic heterocycles. The van der Waals surface area contributed by atoms with Gasteiger partial charge in [0.1, 0.15) is 0 Å². The molecule has 1 atom stereocenters. The van der Waals surface area contributed by atoms with Gasteiger partial charge < -0.3 is 9.64 Å². The monoisotopic (exact) mass is 141 g/mol. The SMILES string of the molecule is O=C1CCC2COCCN12. The molecule has 56 valence electrons. The number of amides is 1. The summed E-state index contributed by atoms with van der Waals surface area (Å²) in [7, 11) is 0. The molecular weight excluding hydrogens is 130 g/mol. The first-order chi connectivity index (χ1) is 4.88. The molecule has 0 aliphatic carbocycles. The van der Waals surface area contributed by atoms with Gasteiger partial charge in [0.15, 0.2) is 0 Å². The van der Waals surface area contributed by atoms with Crippen molar-refractivity contribution in [2.24, 2.45) is 0 Å². The van der Waals surface area contributed by atoms with E-state index in [0.29, 0.717) is 11.9 Å². The number of carbonyl (C=O) groups excluding carboxylic acids is 1. The molecule has 0 bridgehead atoms. The van der Waals surface area contributed by atoms with Gasteiger partial charge in [-0.15, -0.1) is 0 Å². The molecule has 2 saturated heterocycles. The van der Waals surface area contributed by atoms with Crippen LogP contribution in [0.15, 0.2) is 0 Å². The van der Waals surface area contributed by atoms with Gasteiger partial charge in [-0.25, -0.2) is 0 Å². The lowest BCUT2D eigenvalue weighted by Gasteiger charge is -2.29. The van der Waals surface area contributed by atoms with Crippen LogP contribution in [0.2, 0.25) is 0 Å². The van der Waals surface area contributed by atoms with Crippen LogP contribution in [0.5, 0.6) is 0 Å². The highest BCUT2D eigenvalue weighted by molar-refractivity contribution is 5.78. The van der Waals surface area contributed by atoms with Crippen molar-refractivity contribution in [3.8, 4) is 0 Å². The molecule has 2 rings (SSSR count). The normalized spacial score (nSPS) is 32.6. The van der Waals surface area contributed by atoms with Crippen LogP contribution in [0.4, 0.5) is 0 Å². The second-order valence-electron chi connectivity index (χ2n) is 2.85. The Balaban J connectivity index is 2.08. The van der Waals surface area contributed by atoms with Crippen LogP contribution >= 0.6 is 0 Å². The Morgan fingerprint density at radius 2 is 2.50 bits per heavy atom. The molecule has 10 heavy (non-hydrogen) atoms. The van der Waals surface area contributed by atoms with Crippen LogP contribution in [0, 0.1) is 0 Å². The first-order valence-corrected chi connectivity index (χ1v) is 3.75. The maximum atomic E-state index is 11.1. The summed E-state index contributed by atoms with van der Waals surface area (Å²) in [6.45, 7) is 2.29. The highest BCUT2D eigenvalue weighted by Crippen LogP contribution is 2.20. The van der Waals surface area contributed by atoms with Gasteiger partial charge in [0.2, 0.25) is 5.91 Å². The number of rotatable bonds is 0. The first-order valence-electron chi connectivity index (χ1n) is 3.75. The number of hydrogen-bond acceptors (Lipinski definition) is 2. The van der Waals surface area contributed by atoms with Crippen LogP contribution in [-0.4, -0.2) is 36.6 Å². The van der Waals surface area contributed by atoms with Crippen LogP contribution < -0.4 is 0 Å². The van der Waals surface area contributed by atoms with E-state index in [1.807, 2.05) is 4.90 Å². The maximum Gasteiger partial charge on any atom is 0.223 e. The topological polar surface area (TPSA) is 29.5 Å². The zero-order valence-corrected chi connectivity index (χ0v) is 5.88. The summed E-state index contributed by atoms with van der Waals surface area (Å²) in [6.07, 6.45) is 1.73. The van der Waals surface area contributed by atoms with E-state index in [-0.39, 0.29) is 0 Å². The number of ether oxygens (including phenoxy) is 1. The molecule has 0 spiro atoms. The van der Waals surface area contributed by atoms with E-state index < -0.39 is 0 Å². The molecule has 0 N–H and O–H groups in total. The third-order valence-electron chi connectivity index (χ3n) is 2.24. The minimum atomic E-state index is 0.313. The number of morpholine rings is 1. The second kappa shape index (κ2) is 2.23.